The van der Waals surface area contributed by atoms with Gasteiger partial charge >= 0.3 is 0 Å². The number of hydrogen-bond donors (Lipinski definition) is 1. The van der Waals surface area contributed by atoms with Crippen molar-refractivity contribution in [1.29, 1.82) is 0 Å². The molecule has 2 aliphatic rings. The molecular weight excluding hydrogens is 408 g/mol. The Bertz CT molecular complexity index is 1250. The average molecular weight is 428 g/mol. The highest BCUT2D eigenvalue weighted by Gasteiger charge is 2.64. The standard InChI is InChI=1S/C24H20N4O4/c1-27-14-17(15-7-6-8-16(13-15)28(31)32)21(22(29)20-11-4-5-12-25-20)24(27)18-9-2-3-10-19(18)26-23(24)30/h2-13,17,21H,14H2,1H3,(H,26,30)/t17-,21?,24-/m1/s1. The molecule has 0 radical (unpaired) electrons. The van der Waals surface area contributed by atoms with E-state index in [-0.39, 0.29) is 23.1 Å². The predicted molar refractivity (Wildman–Crippen MR) is 117 cm³/mol. The number of amides is 1. The van der Waals surface area contributed by atoms with Gasteiger partial charge in [0.05, 0.1) is 10.8 Å². The van der Waals surface area contributed by atoms with Crippen molar-refractivity contribution < 1.29 is 14.5 Å². The van der Waals surface area contributed by atoms with Crippen LogP contribution in [-0.2, 0) is 10.3 Å². The summed E-state index contributed by atoms with van der Waals surface area (Å²) in [6.45, 7) is 0.381. The number of hydrogen-bond acceptors (Lipinski definition) is 6. The minimum Gasteiger partial charge on any atom is -0.324 e. The van der Waals surface area contributed by atoms with E-state index in [0.717, 1.165) is 5.56 Å². The molecule has 1 amide bonds. The number of nitro benzene ring substituents is 1. The Morgan fingerprint density at radius 1 is 1.16 bits per heavy atom. The number of nitrogens with one attached hydrogen (secondary N) is 1. The van der Waals surface area contributed by atoms with Gasteiger partial charge in [0, 0.05) is 42.0 Å². The first-order valence-electron chi connectivity index (χ1n) is 10.3. The molecule has 5 rings (SSSR count). The molecule has 2 aliphatic heterocycles. The summed E-state index contributed by atoms with van der Waals surface area (Å²) in [6.07, 6.45) is 1.55. The highest BCUT2D eigenvalue weighted by atomic mass is 16.6. The highest BCUT2D eigenvalue weighted by molar-refractivity contribution is 6.11. The second-order valence-corrected chi connectivity index (χ2v) is 8.16. The van der Waals surface area contributed by atoms with Crippen molar-refractivity contribution in [3.63, 3.8) is 0 Å². The summed E-state index contributed by atoms with van der Waals surface area (Å²) in [6, 6.07) is 18.8. The van der Waals surface area contributed by atoms with Gasteiger partial charge in [0.2, 0.25) is 5.91 Å². The fourth-order valence-corrected chi connectivity index (χ4v) is 5.23. The van der Waals surface area contributed by atoms with Crippen molar-refractivity contribution in [3.8, 4) is 0 Å². The maximum Gasteiger partial charge on any atom is 0.269 e. The number of anilines is 1. The van der Waals surface area contributed by atoms with Crippen LogP contribution in [0.1, 0.15) is 27.5 Å². The Morgan fingerprint density at radius 2 is 1.94 bits per heavy atom. The van der Waals surface area contributed by atoms with Crippen LogP contribution in [0.25, 0.3) is 0 Å². The lowest BCUT2D eigenvalue weighted by atomic mass is 9.71. The third kappa shape index (κ3) is 2.76. The number of Topliss-reactive ketones (excluding diaryl/α,β-unsaturated/α-hetero) is 1. The molecule has 8 nitrogen and oxygen atoms in total. The van der Waals surface area contributed by atoms with Crippen molar-refractivity contribution in [1.82, 2.24) is 9.88 Å². The molecule has 1 aromatic heterocycles. The molecule has 1 spiro atoms. The fourth-order valence-electron chi connectivity index (χ4n) is 5.23. The van der Waals surface area contributed by atoms with E-state index in [4.69, 9.17) is 0 Å². The first kappa shape index (κ1) is 20.0. The van der Waals surface area contributed by atoms with Gasteiger partial charge in [-0.1, -0.05) is 36.4 Å². The summed E-state index contributed by atoms with van der Waals surface area (Å²) < 4.78 is 0. The van der Waals surface area contributed by atoms with Crippen molar-refractivity contribution in [2.45, 2.75) is 11.5 Å². The lowest BCUT2D eigenvalue weighted by molar-refractivity contribution is -0.384. The molecule has 3 atom stereocenters. The molecule has 32 heavy (non-hydrogen) atoms. The minimum absolute atomic E-state index is 0.0496. The van der Waals surface area contributed by atoms with Crippen molar-refractivity contribution in [3.05, 3.63) is 99.9 Å². The maximum absolute atomic E-state index is 13.9. The minimum atomic E-state index is -1.24. The predicted octanol–water partition coefficient (Wildman–Crippen LogP) is 3.37. The summed E-state index contributed by atoms with van der Waals surface area (Å²) in [5, 5.41) is 14.3. The summed E-state index contributed by atoms with van der Waals surface area (Å²) >= 11 is 0. The zero-order valence-electron chi connectivity index (χ0n) is 17.3. The average Bonchev–Trinajstić information content (AvgIpc) is 3.29. The Kier molecular flexibility index (Phi) is 4.60. The third-order valence-electron chi connectivity index (χ3n) is 6.57. The fraction of sp³-hybridized carbons (Fsp3) is 0.208. The Morgan fingerprint density at radius 3 is 2.69 bits per heavy atom. The number of para-hydroxylation sites is 1. The Hall–Kier alpha value is -3.91. The van der Waals surface area contributed by atoms with Gasteiger partial charge in [0.25, 0.3) is 5.69 Å². The van der Waals surface area contributed by atoms with Gasteiger partial charge in [-0.05, 0) is 30.8 Å². The second kappa shape index (κ2) is 7.35. The number of carbonyl (C=O) groups is 2. The van der Waals surface area contributed by atoms with E-state index in [1.807, 2.05) is 36.2 Å². The third-order valence-corrected chi connectivity index (χ3v) is 6.57. The first-order valence-corrected chi connectivity index (χ1v) is 10.3. The van der Waals surface area contributed by atoms with E-state index in [0.29, 0.717) is 17.8 Å². The Balaban J connectivity index is 1.73. The number of non-ortho nitro benzene ring substituents is 1. The van der Waals surface area contributed by atoms with Crippen LogP contribution in [0.3, 0.4) is 0 Å². The van der Waals surface area contributed by atoms with Gasteiger partial charge in [-0.25, -0.2) is 0 Å². The number of benzene rings is 2. The Labute approximate surface area is 184 Å². The number of aromatic nitrogens is 1. The molecule has 1 saturated heterocycles. The molecule has 3 aromatic rings. The zero-order chi connectivity index (χ0) is 22.5. The molecule has 160 valence electrons. The van der Waals surface area contributed by atoms with E-state index < -0.39 is 22.3 Å². The van der Waals surface area contributed by atoms with Crippen LogP contribution in [0.5, 0.6) is 0 Å². The molecule has 8 heteroatoms. The van der Waals surface area contributed by atoms with E-state index in [2.05, 4.69) is 10.3 Å². The van der Waals surface area contributed by atoms with Crippen molar-refractivity contribution in [2.24, 2.45) is 5.92 Å². The number of carbonyl (C=O) groups excluding carboxylic acids is 2. The second-order valence-electron chi connectivity index (χ2n) is 8.16. The number of fused-ring (bicyclic) bond motifs is 2. The van der Waals surface area contributed by atoms with Crippen LogP contribution in [0.4, 0.5) is 11.4 Å². The van der Waals surface area contributed by atoms with Gasteiger partial charge in [-0.15, -0.1) is 0 Å². The molecule has 0 saturated carbocycles. The van der Waals surface area contributed by atoms with Crippen LogP contribution >= 0.6 is 0 Å². The summed E-state index contributed by atoms with van der Waals surface area (Å²) in [5.74, 6) is -1.79. The lowest BCUT2D eigenvalue weighted by Crippen LogP contribution is -2.51. The molecule has 0 bridgehead atoms. The number of likely N-dealkylation sites (tertiary alicyclic amines) is 1. The molecule has 3 heterocycles. The van der Waals surface area contributed by atoms with Crippen LogP contribution in [0, 0.1) is 16.0 Å². The number of rotatable bonds is 4. The molecule has 0 aliphatic carbocycles. The SMILES string of the molecule is CN1C[C@H](c2cccc([N+](=O)[O-])c2)C(C(=O)c2ccccn2)[C@]12C(=O)Nc1ccccc12. The highest BCUT2D eigenvalue weighted by Crippen LogP contribution is 2.55. The number of nitro groups is 1. The van der Waals surface area contributed by atoms with Crippen LogP contribution < -0.4 is 5.32 Å². The maximum atomic E-state index is 13.9. The van der Waals surface area contributed by atoms with Gasteiger partial charge < -0.3 is 5.32 Å². The van der Waals surface area contributed by atoms with E-state index >= 15 is 0 Å². The molecule has 1 unspecified atom stereocenters. The van der Waals surface area contributed by atoms with Crippen molar-refractivity contribution in [2.75, 3.05) is 18.9 Å². The summed E-state index contributed by atoms with van der Waals surface area (Å²) in [5.41, 5.74) is 1.03. The number of nitrogens with zero attached hydrogens (tertiary/aromatic N) is 3. The van der Waals surface area contributed by atoms with E-state index in [1.54, 1.807) is 36.5 Å². The normalized spacial score (nSPS) is 24.3. The first-order chi connectivity index (χ1) is 15.4. The van der Waals surface area contributed by atoms with Crippen LogP contribution in [-0.4, -0.2) is 40.1 Å². The van der Waals surface area contributed by atoms with Gasteiger partial charge in [-0.3, -0.25) is 29.6 Å². The lowest BCUT2D eigenvalue weighted by Gasteiger charge is -2.35. The van der Waals surface area contributed by atoms with E-state index in [9.17, 15) is 19.7 Å². The topological polar surface area (TPSA) is 105 Å². The largest absolute Gasteiger partial charge is 0.324 e. The number of pyridine rings is 1. The smallest absolute Gasteiger partial charge is 0.269 e. The molecule has 1 N–H and O–H groups in total. The van der Waals surface area contributed by atoms with Crippen LogP contribution in [0.2, 0.25) is 0 Å². The van der Waals surface area contributed by atoms with Crippen LogP contribution in [0.15, 0.2) is 72.9 Å². The zero-order valence-corrected chi connectivity index (χ0v) is 17.3. The summed E-state index contributed by atoms with van der Waals surface area (Å²) in [4.78, 5) is 44.5. The van der Waals surface area contributed by atoms with E-state index in [1.165, 1.54) is 12.1 Å². The number of likely N-dealkylation sites (N-methyl/N-ethyl adjacent to an activating group) is 1. The summed E-state index contributed by atoms with van der Waals surface area (Å²) in [7, 11) is 1.82. The molecule has 1 fully saturated rings. The quantitative estimate of drug-likeness (QED) is 0.388. The molecule has 2 aromatic carbocycles. The monoisotopic (exact) mass is 428 g/mol. The van der Waals surface area contributed by atoms with Gasteiger partial charge in [-0.2, -0.15) is 0 Å². The number of ketones is 1. The van der Waals surface area contributed by atoms with Gasteiger partial charge in [0.1, 0.15) is 11.2 Å². The van der Waals surface area contributed by atoms with Crippen molar-refractivity contribution >= 4 is 23.1 Å². The van der Waals surface area contributed by atoms with Gasteiger partial charge in [0.15, 0.2) is 5.78 Å². The molecular formula is C24H20N4O4.